The molecule has 3 nitrogen and oxygen atoms in total. The van der Waals surface area contributed by atoms with Crippen molar-refractivity contribution in [3.63, 3.8) is 0 Å². The first-order chi connectivity index (χ1) is 7.33. The number of rotatable bonds is 3. The quantitative estimate of drug-likeness (QED) is 0.764. The standard InChI is InChI=1S/C12H14N2O/c1-2-3-8-14-11-7-5-4-6-10(11)13-9-12(14)15/h4-7,9H,2-3,8H2,1H3. The third-order valence-electron chi connectivity index (χ3n) is 2.49. The molecule has 0 spiro atoms. The molecule has 0 atom stereocenters. The van der Waals surface area contributed by atoms with E-state index in [0.717, 1.165) is 30.4 Å². The maximum absolute atomic E-state index is 11.6. The minimum atomic E-state index is -0.0119. The molecule has 0 amide bonds. The van der Waals surface area contributed by atoms with Crippen LogP contribution in [0.3, 0.4) is 0 Å². The molecule has 0 aliphatic heterocycles. The molecule has 0 radical (unpaired) electrons. The average Bonchev–Trinajstić information content (AvgIpc) is 2.28. The maximum Gasteiger partial charge on any atom is 0.269 e. The third-order valence-corrected chi connectivity index (χ3v) is 2.49. The molecule has 2 aromatic rings. The van der Waals surface area contributed by atoms with Gasteiger partial charge in [-0.2, -0.15) is 0 Å². The minimum Gasteiger partial charge on any atom is -0.305 e. The lowest BCUT2D eigenvalue weighted by Gasteiger charge is -2.07. The minimum absolute atomic E-state index is 0.0119. The van der Waals surface area contributed by atoms with Gasteiger partial charge in [0, 0.05) is 6.54 Å². The summed E-state index contributed by atoms with van der Waals surface area (Å²) in [5.74, 6) is 0. The average molecular weight is 202 g/mol. The molecule has 1 heterocycles. The van der Waals surface area contributed by atoms with Gasteiger partial charge in [-0.3, -0.25) is 4.79 Å². The normalized spacial score (nSPS) is 10.7. The molecule has 0 fully saturated rings. The summed E-state index contributed by atoms with van der Waals surface area (Å²) in [6, 6.07) is 7.74. The lowest BCUT2D eigenvalue weighted by atomic mass is 10.2. The number of benzene rings is 1. The Bertz CT molecular complexity index is 516. The molecular formula is C12H14N2O. The molecule has 0 saturated heterocycles. The summed E-state index contributed by atoms with van der Waals surface area (Å²) in [4.78, 5) is 15.8. The Labute approximate surface area is 88.4 Å². The van der Waals surface area contributed by atoms with E-state index in [9.17, 15) is 4.79 Å². The second-order valence-electron chi connectivity index (χ2n) is 3.59. The fourth-order valence-electron chi connectivity index (χ4n) is 1.66. The van der Waals surface area contributed by atoms with E-state index in [1.165, 1.54) is 6.20 Å². The zero-order chi connectivity index (χ0) is 10.7. The van der Waals surface area contributed by atoms with Crippen LogP contribution in [0.1, 0.15) is 19.8 Å². The van der Waals surface area contributed by atoms with Gasteiger partial charge in [0.1, 0.15) is 0 Å². The molecule has 15 heavy (non-hydrogen) atoms. The van der Waals surface area contributed by atoms with Crippen molar-refractivity contribution in [3.8, 4) is 0 Å². The summed E-state index contributed by atoms with van der Waals surface area (Å²) in [6.45, 7) is 2.90. The number of aromatic nitrogens is 2. The highest BCUT2D eigenvalue weighted by molar-refractivity contribution is 5.74. The Kier molecular flexibility index (Phi) is 2.81. The van der Waals surface area contributed by atoms with Gasteiger partial charge < -0.3 is 4.57 Å². The fraction of sp³-hybridized carbons (Fsp3) is 0.333. The Morgan fingerprint density at radius 1 is 1.33 bits per heavy atom. The largest absolute Gasteiger partial charge is 0.305 e. The van der Waals surface area contributed by atoms with Crippen molar-refractivity contribution in [1.82, 2.24) is 9.55 Å². The van der Waals surface area contributed by atoms with Gasteiger partial charge in [0.05, 0.1) is 17.2 Å². The van der Waals surface area contributed by atoms with Gasteiger partial charge in [0.15, 0.2) is 0 Å². The van der Waals surface area contributed by atoms with E-state index in [1.54, 1.807) is 4.57 Å². The Morgan fingerprint density at radius 3 is 2.93 bits per heavy atom. The van der Waals surface area contributed by atoms with Crippen molar-refractivity contribution in [1.29, 1.82) is 0 Å². The number of nitrogens with zero attached hydrogens (tertiary/aromatic N) is 2. The third kappa shape index (κ3) is 1.91. The SMILES string of the molecule is CCCCn1c(=O)cnc2ccccc21. The van der Waals surface area contributed by atoms with Crippen LogP contribution < -0.4 is 5.56 Å². The highest BCUT2D eigenvalue weighted by atomic mass is 16.1. The topological polar surface area (TPSA) is 34.9 Å². The molecule has 78 valence electrons. The number of para-hydroxylation sites is 2. The van der Waals surface area contributed by atoms with Gasteiger partial charge in [-0.25, -0.2) is 4.98 Å². The first-order valence-corrected chi connectivity index (χ1v) is 5.27. The van der Waals surface area contributed by atoms with Crippen molar-refractivity contribution in [2.24, 2.45) is 0 Å². The Morgan fingerprint density at radius 2 is 2.13 bits per heavy atom. The summed E-state index contributed by atoms with van der Waals surface area (Å²) in [7, 11) is 0. The first-order valence-electron chi connectivity index (χ1n) is 5.27. The number of aryl methyl sites for hydroxylation is 1. The first kappa shape index (κ1) is 9.90. The predicted molar refractivity (Wildman–Crippen MR) is 60.9 cm³/mol. The molecule has 0 saturated carbocycles. The van der Waals surface area contributed by atoms with E-state index in [4.69, 9.17) is 0 Å². The number of hydrogen-bond acceptors (Lipinski definition) is 2. The zero-order valence-corrected chi connectivity index (χ0v) is 8.81. The molecule has 3 heteroatoms. The smallest absolute Gasteiger partial charge is 0.269 e. The fourth-order valence-corrected chi connectivity index (χ4v) is 1.66. The molecule has 2 rings (SSSR count). The van der Waals surface area contributed by atoms with E-state index in [0.29, 0.717) is 0 Å². The molecule has 1 aromatic heterocycles. The monoisotopic (exact) mass is 202 g/mol. The van der Waals surface area contributed by atoms with Crippen LogP contribution in [0, 0.1) is 0 Å². The van der Waals surface area contributed by atoms with Crippen LogP contribution >= 0.6 is 0 Å². The Balaban J connectivity index is 2.58. The van der Waals surface area contributed by atoms with E-state index >= 15 is 0 Å². The van der Waals surface area contributed by atoms with Gasteiger partial charge in [0.25, 0.3) is 5.56 Å². The van der Waals surface area contributed by atoms with Crippen LogP contribution in [0.5, 0.6) is 0 Å². The lowest BCUT2D eigenvalue weighted by molar-refractivity contribution is 0.629. The van der Waals surface area contributed by atoms with Crippen LogP contribution in [0.2, 0.25) is 0 Å². The van der Waals surface area contributed by atoms with Crippen molar-refractivity contribution in [2.45, 2.75) is 26.3 Å². The summed E-state index contributed by atoms with van der Waals surface area (Å²) >= 11 is 0. The predicted octanol–water partition coefficient (Wildman–Crippen LogP) is 2.20. The zero-order valence-electron chi connectivity index (χ0n) is 8.81. The van der Waals surface area contributed by atoms with Crippen molar-refractivity contribution in [2.75, 3.05) is 0 Å². The van der Waals surface area contributed by atoms with Crippen molar-refractivity contribution in [3.05, 3.63) is 40.8 Å². The van der Waals surface area contributed by atoms with Gasteiger partial charge in [-0.1, -0.05) is 25.5 Å². The summed E-state index contributed by atoms with van der Waals surface area (Å²) in [5, 5.41) is 0. The molecule has 0 N–H and O–H groups in total. The number of hydrogen-bond donors (Lipinski definition) is 0. The molecular weight excluding hydrogens is 188 g/mol. The van der Waals surface area contributed by atoms with Gasteiger partial charge in [-0.05, 0) is 18.6 Å². The second-order valence-corrected chi connectivity index (χ2v) is 3.59. The van der Waals surface area contributed by atoms with E-state index < -0.39 is 0 Å². The van der Waals surface area contributed by atoms with Gasteiger partial charge in [-0.15, -0.1) is 0 Å². The molecule has 0 bridgehead atoms. The van der Waals surface area contributed by atoms with Crippen LogP contribution in [0.15, 0.2) is 35.3 Å². The molecule has 0 aliphatic rings. The second kappa shape index (κ2) is 4.26. The lowest BCUT2D eigenvalue weighted by Crippen LogP contribution is -2.20. The number of unbranched alkanes of at least 4 members (excludes halogenated alkanes) is 1. The van der Waals surface area contributed by atoms with Crippen molar-refractivity contribution >= 4 is 11.0 Å². The Hall–Kier alpha value is -1.64. The van der Waals surface area contributed by atoms with Crippen LogP contribution in [0.25, 0.3) is 11.0 Å². The summed E-state index contributed by atoms with van der Waals surface area (Å²) in [5.41, 5.74) is 1.80. The van der Waals surface area contributed by atoms with Crippen LogP contribution in [0.4, 0.5) is 0 Å². The highest BCUT2D eigenvalue weighted by Gasteiger charge is 2.01. The van der Waals surface area contributed by atoms with Crippen molar-refractivity contribution < 1.29 is 0 Å². The number of fused-ring (bicyclic) bond motifs is 1. The van der Waals surface area contributed by atoms with E-state index in [1.807, 2.05) is 24.3 Å². The summed E-state index contributed by atoms with van der Waals surface area (Å²) < 4.78 is 1.80. The van der Waals surface area contributed by atoms with Gasteiger partial charge in [0.2, 0.25) is 0 Å². The maximum atomic E-state index is 11.6. The van der Waals surface area contributed by atoms with Crippen LogP contribution in [-0.4, -0.2) is 9.55 Å². The summed E-state index contributed by atoms with van der Waals surface area (Å²) in [6.07, 6.45) is 3.51. The molecule has 0 aliphatic carbocycles. The van der Waals surface area contributed by atoms with Gasteiger partial charge >= 0.3 is 0 Å². The highest BCUT2D eigenvalue weighted by Crippen LogP contribution is 2.08. The molecule has 0 unspecified atom stereocenters. The molecule has 1 aromatic carbocycles. The van der Waals surface area contributed by atoms with E-state index in [-0.39, 0.29) is 5.56 Å². The van der Waals surface area contributed by atoms with Crippen LogP contribution in [-0.2, 0) is 6.54 Å². The van der Waals surface area contributed by atoms with E-state index in [2.05, 4.69) is 11.9 Å².